The summed E-state index contributed by atoms with van der Waals surface area (Å²) in [4.78, 5) is 5.44. The molecule has 1 aliphatic heterocycles. The van der Waals surface area contributed by atoms with Gasteiger partial charge in [0.05, 0.1) is 8.07 Å². The van der Waals surface area contributed by atoms with Crippen LogP contribution in [0.5, 0.6) is 0 Å². The zero-order valence-electron chi connectivity index (χ0n) is 5.93. The van der Waals surface area contributed by atoms with Gasteiger partial charge in [-0.05, 0) is 5.87 Å². The van der Waals surface area contributed by atoms with E-state index in [1.54, 1.807) is 11.8 Å². The van der Waals surface area contributed by atoms with Crippen LogP contribution in [0.4, 0.5) is 0 Å². The fourth-order valence-corrected chi connectivity index (χ4v) is 2.85. The fourth-order valence-electron chi connectivity index (χ4n) is 0.538. The van der Waals surface area contributed by atoms with Crippen molar-refractivity contribution < 1.29 is 0 Å². The normalized spacial score (nSPS) is 19.4. The Morgan fingerprint density at radius 3 is 2.44 bits per heavy atom. The summed E-state index contributed by atoms with van der Waals surface area (Å²) in [7, 11) is -1.10. The molecule has 1 heterocycles. The molecule has 0 unspecified atom stereocenters. The molecule has 0 aromatic carbocycles. The first-order valence-corrected chi connectivity index (χ1v) is 7.31. The molecule has 0 saturated carbocycles. The number of thioether (sulfide) groups is 1. The average Bonchev–Trinajstić information content (AvgIpc) is 2.08. The summed E-state index contributed by atoms with van der Waals surface area (Å²) < 4.78 is 0. The van der Waals surface area contributed by atoms with Crippen molar-refractivity contribution >= 4 is 25.7 Å². The summed E-state index contributed by atoms with van der Waals surface area (Å²) in [5, 5.41) is 1.92. The van der Waals surface area contributed by atoms with Gasteiger partial charge in [0, 0.05) is 5.41 Å². The molecule has 3 heteroatoms. The minimum absolute atomic E-state index is 1.10. The van der Waals surface area contributed by atoms with Crippen LogP contribution in [0.2, 0.25) is 19.6 Å². The highest BCUT2D eigenvalue weighted by molar-refractivity contribution is 8.07. The van der Waals surface area contributed by atoms with Crippen LogP contribution in [0, 0.1) is 5.00 Å². The van der Waals surface area contributed by atoms with E-state index in [-0.39, 0.29) is 0 Å². The first kappa shape index (κ1) is 7.13. The first-order valence-electron chi connectivity index (χ1n) is 2.93. The van der Waals surface area contributed by atoms with Gasteiger partial charge in [0.1, 0.15) is 5.00 Å². The summed E-state index contributed by atoms with van der Waals surface area (Å²) in [5.41, 5.74) is 0. The molecule has 1 aliphatic rings. The quantitative estimate of drug-likeness (QED) is 0.531. The highest BCUT2D eigenvalue weighted by Crippen LogP contribution is 2.33. The molecule has 0 fully saturated rings. The van der Waals surface area contributed by atoms with E-state index in [9.17, 15) is 0 Å². The Morgan fingerprint density at radius 2 is 2.22 bits per heavy atom. The van der Waals surface area contributed by atoms with E-state index in [1.807, 2.05) is 5.41 Å². The molecular formula is C6H10NSSi. The minimum Gasteiger partial charge on any atom is -0.225 e. The van der Waals surface area contributed by atoms with Crippen LogP contribution in [-0.4, -0.2) is 13.9 Å². The van der Waals surface area contributed by atoms with Crippen molar-refractivity contribution in [3.63, 3.8) is 0 Å². The van der Waals surface area contributed by atoms with Gasteiger partial charge in [0.15, 0.2) is 0 Å². The SMILES string of the molecule is C[Si](C)(C)[C]1N=C=CS1. The summed E-state index contributed by atoms with van der Waals surface area (Å²) in [6, 6.07) is 0. The first-order chi connectivity index (χ1) is 4.11. The van der Waals surface area contributed by atoms with Crippen molar-refractivity contribution in [2.45, 2.75) is 19.6 Å². The Bertz CT molecular complexity index is 164. The summed E-state index contributed by atoms with van der Waals surface area (Å²) in [6.07, 6.45) is 0. The van der Waals surface area contributed by atoms with Crippen molar-refractivity contribution in [3.8, 4) is 0 Å². The lowest BCUT2D eigenvalue weighted by Gasteiger charge is -2.18. The lowest BCUT2D eigenvalue weighted by atomic mass is 11.1. The van der Waals surface area contributed by atoms with Gasteiger partial charge >= 0.3 is 0 Å². The average molecular weight is 156 g/mol. The van der Waals surface area contributed by atoms with Crippen molar-refractivity contribution in [3.05, 3.63) is 10.4 Å². The number of hydrogen-bond acceptors (Lipinski definition) is 2. The van der Waals surface area contributed by atoms with Crippen LogP contribution < -0.4 is 0 Å². The molecule has 0 atom stereocenters. The Labute approximate surface area is 61.3 Å². The van der Waals surface area contributed by atoms with Crippen molar-refractivity contribution in [2.75, 3.05) is 0 Å². The summed E-state index contributed by atoms with van der Waals surface area (Å²) >= 11 is 1.72. The third-order valence-electron chi connectivity index (χ3n) is 1.03. The van der Waals surface area contributed by atoms with Crippen LogP contribution in [0.25, 0.3) is 0 Å². The largest absolute Gasteiger partial charge is 0.225 e. The molecule has 1 nitrogen and oxygen atoms in total. The van der Waals surface area contributed by atoms with Gasteiger partial charge in [0.2, 0.25) is 0 Å². The Balaban J connectivity index is 2.57. The molecule has 49 valence electrons. The van der Waals surface area contributed by atoms with Gasteiger partial charge in [-0.1, -0.05) is 31.4 Å². The smallest absolute Gasteiger partial charge is 0.139 e. The molecule has 0 N–H and O–H groups in total. The van der Waals surface area contributed by atoms with Crippen molar-refractivity contribution in [1.29, 1.82) is 0 Å². The summed E-state index contributed by atoms with van der Waals surface area (Å²) in [5.74, 6) is 2.84. The molecule has 0 bridgehead atoms. The Hall–Kier alpha value is 0.0169. The topological polar surface area (TPSA) is 12.4 Å². The molecule has 0 amide bonds. The molecule has 0 saturated heterocycles. The van der Waals surface area contributed by atoms with Gasteiger partial charge in [-0.2, -0.15) is 0 Å². The lowest BCUT2D eigenvalue weighted by molar-refractivity contribution is 1.42. The van der Waals surface area contributed by atoms with Crippen LogP contribution >= 0.6 is 11.8 Å². The number of aliphatic imine (C=N–C) groups is 1. The van der Waals surface area contributed by atoms with E-state index in [0.717, 1.165) is 0 Å². The number of rotatable bonds is 1. The zero-order valence-corrected chi connectivity index (χ0v) is 7.75. The van der Waals surface area contributed by atoms with Gasteiger partial charge in [0.25, 0.3) is 0 Å². The van der Waals surface area contributed by atoms with E-state index in [2.05, 4.69) is 30.5 Å². The highest BCUT2D eigenvalue weighted by atomic mass is 32.2. The fraction of sp³-hybridized carbons (Fsp3) is 0.500. The van der Waals surface area contributed by atoms with Crippen molar-refractivity contribution in [2.24, 2.45) is 4.99 Å². The maximum atomic E-state index is 4.14. The monoisotopic (exact) mass is 156 g/mol. The van der Waals surface area contributed by atoms with E-state index in [0.29, 0.717) is 0 Å². The second-order valence-electron chi connectivity index (χ2n) is 3.03. The maximum Gasteiger partial charge on any atom is 0.139 e. The maximum absolute atomic E-state index is 4.14. The van der Waals surface area contributed by atoms with Gasteiger partial charge < -0.3 is 0 Å². The molecular weight excluding hydrogens is 146 g/mol. The van der Waals surface area contributed by atoms with E-state index >= 15 is 0 Å². The van der Waals surface area contributed by atoms with Crippen LogP contribution in [-0.2, 0) is 0 Å². The second kappa shape index (κ2) is 2.33. The highest BCUT2D eigenvalue weighted by Gasteiger charge is 2.28. The molecule has 0 aliphatic carbocycles. The molecule has 9 heavy (non-hydrogen) atoms. The van der Waals surface area contributed by atoms with E-state index in [4.69, 9.17) is 0 Å². The Morgan fingerprint density at radius 1 is 1.56 bits per heavy atom. The molecule has 0 aromatic heterocycles. The second-order valence-corrected chi connectivity index (χ2v) is 9.23. The van der Waals surface area contributed by atoms with Crippen molar-refractivity contribution in [1.82, 2.24) is 0 Å². The molecule has 1 rings (SSSR count). The predicted molar refractivity (Wildman–Crippen MR) is 46.2 cm³/mol. The molecule has 0 spiro atoms. The van der Waals surface area contributed by atoms with Gasteiger partial charge in [-0.15, -0.1) is 0 Å². The molecule has 0 aromatic rings. The standard InChI is InChI=1S/C6H10NSSi/c1-9(2,3)6-7-4-5-8-6/h5H,1-3H3. The lowest BCUT2D eigenvalue weighted by Crippen LogP contribution is -2.26. The van der Waals surface area contributed by atoms with E-state index < -0.39 is 8.07 Å². The minimum atomic E-state index is -1.10. The number of nitrogens with zero attached hydrogens (tertiary/aromatic N) is 1. The summed E-state index contributed by atoms with van der Waals surface area (Å²) in [6.45, 7) is 6.87. The Kier molecular flexibility index (Phi) is 1.84. The predicted octanol–water partition coefficient (Wildman–Crippen LogP) is 2.28. The molecule has 1 radical (unpaired) electrons. The third kappa shape index (κ3) is 1.71. The van der Waals surface area contributed by atoms with Crippen LogP contribution in [0.1, 0.15) is 0 Å². The van der Waals surface area contributed by atoms with Gasteiger partial charge in [-0.25, -0.2) is 4.99 Å². The zero-order chi connectivity index (χ0) is 6.91. The van der Waals surface area contributed by atoms with Crippen LogP contribution in [0.15, 0.2) is 10.4 Å². The van der Waals surface area contributed by atoms with Crippen LogP contribution in [0.3, 0.4) is 0 Å². The van der Waals surface area contributed by atoms with Gasteiger partial charge in [-0.3, -0.25) is 0 Å². The van der Waals surface area contributed by atoms with E-state index in [1.165, 1.54) is 5.00 Å². The third-order valence-corrected chi connectivity index (χ3v) is 5.15. The number of hydrogen-bond donors (Lipinski definition) is 0.